The summed E-state index contributed by atoms with van der Waals surface area (Å²) >= 11 is 1.43. The van der Waals surface area contributed by atoms with Gasteiger partial charge in [0, 0.05) is 36.3 Å². The molecule has 1 amide bonds. The van der Waals surface area contributed by atoms with Gasteiger partial charge in [-0.1, -0.05) is 11.3 Å². The van der Waals surface area contributed by atoms with E-state index in [9.17, 15) is 4.79 Å². The smallest absolute Gasteiger partial charge is 0.256 e. The lowest BCUT2D eigenvalue weighted by Gasteiger charge is -2.29. The van der Waals surface area contributed by atoms with Crippen molar-refractivity contribution in [3.63, 3.8) is 0 Å². The molecule has 1 N–H and O–H groups in total. The van der Waals surface area contributed by atoms with Gasteiger partial charge in [-0.3, -0.25) is 4.79 Å². The van der Waals surface area contributed by atoms with Crippen LogP contribution in [0.25, 0.3) is 21.6 Å². The minimum atomic E-state index is -0.233. The quantitative estimate of drug-likeness (QED) is 0.497. The number of hydrogen-bond acceptors (Lipinski definition) is 8. The largest absolute Gasteiger partial charge is 0.490 e. The predicted molar refractivity (Wildman–Crippen MR) is 124 cm³/mol. The highest BCUT2D eigenvalue weighted by Gasteiger charge is 2.18. The van der Waals surface area contributed by atoms with Crippen LogP contribution in [0.5, 0.6) is 5.75 Å². The Hall–Kier alpha value is -3.43. The van der Waals surface area contributed by atoms with Crippen LogP contribution in [-0.4, -0.2) is 57.2 Å². The second kappa shape index (κ2) is 8.97. The molecule has 4 aromatic rings. The van der Waals surface area contributed by atoms with Gasteiger partial charge in [0.2, 0.25) is 0 Å². The maximum atomic E-state index is 12.7. The number of ether oxygens (including phenoxy) is 1. The number of rotatable bonds is 5. The van der Waals surface area contributed by atoms with E-state index in [-0.39, 0.29) is 12.0 Å². The number of anilines is 1. The summed E-state index contributed by atoms with van der Waals surface area (Å²) in [6.07, 6.45) is 3.95. The number of nitrogens with zero attached hydrogens (tertiary/aromatic N) is 5. The average Bonchev–Trinajstić information content (AvgIpc) is 3.36. The summed E-state index contributed by atoms with van der Waals surface area (Å²) in [4.78, 5) is 24.0. The maximum Gasteiger partial charge on any atom is 0.256 e. The molecule has 9 heteroatoms. The molecule has 32 heavy (non-hydrogen) atoms. The molecule has 162 valence electrons. The number of benzene rings is 1. The topological polar surface area (TPSA) is 93.1 Å². The Bertz CT molecular complexity index is 1220. The number of piperidine rings is 1. The highest BCUT2D eigenvalue weighted by Crippen LogP contribution is 2.23. The van der Waals surface area contributed by atoms with Gasteiger partial charge in [0.25, 0.3) is 5.91 Å². The van der Waals surface area contributed by atoms with E-state index in [0.717, 1.165) is 53.3 Å². The van der Waals surface area contributed by atoms with Gasteiger partial charge in [0.15, 0.2) is 5.01 Å². The summed E-state index contributed by atoms with van der Waals surface area (Å²) in [5, 5.41) is 12.4. The van der Waals surface area contributed by atoms with E-state index < -0.39 is 0 Å². The predicted octanol–water partition coefficient (Wildman–Crippen LogP) is 3.87. The van der Waals surface area contributed by atoms with Crippen LogP contribution in [0.2, 0.25) is 0 Å². The lowest BCUT2D eigenvalue weighted by Crippen LogP contribution is -2.35. The third kappa shape index (κ3) is 4.58. The molecule has 0 atom stereocenters. The van der Waals surface area contributed by atoms with Crippen molar-refractivity contribution < 1.29 is 9.53 Å². The molecule has 3 aromatic heterocycles. The number of nitrogens with one attached hydrogen (secondary N) is 1. The van der Waals surface area contributed by atoms with Gasteiger partial charge in [-0.05, 0) is 56.3 Å². The third-order valence-electron chi connectivity index (χ3n) is 5.48. The molecule has 1 aliphatic rings. The standard InChI is InChI=1S/C23H22N6O2S/c1-29-10-8-18(9-11-29)31-17-5-2-15(3-6-17)22(30)27-21-12-20-16(13-24-21)4-7-19(26-20)23-28-25-14-32-23/h2-7,12-14,18H,8-11H2,1H3,(H,24,27,30). The molecule has 0 bridgehead atoms. The SMILES string of the molecule is CN1CCC(Oc2ccc(C(=O)Nc3cc4nc(-c5nncs5)ccc4cn3)cc2)CC1. The summed E-state index contributed by atoms with van der Waals surface area (Å²) in [7, 11) is 2.13. The molecule has 4 heterocycles. The van der Waals surface area contributed by atoms with E-state index in [1.54, 1.807) is 29.9 Å². The number of amides is 1. The van der Waals surface area contributed by atoms with Crippen molar-refractivity contribution in [1.82, 2.24) is 25.1 Å². The molecule has 0 saturated carbocycles. The van der Waals surface area contributed by atoms with Crippen molar-refractivity contribution in [2.75, 3.05) is 25.5 Å². The Morgan fingerprint density at radius 3 is 2.72 bits per heavy atom. The van der Waals surface area contributed by atoms with Crippen LogP contribution in [0.1, 0.15) is 23.2 Å². The molecule has 1 fully saturated rings. The highest BCUT2D eigenvalue weighted by molar-refractivity contribution is 7.12. The maximum absolute atomic E-state index is 12.7. The van der Waals surface area contributed by atoms with Crippen molar-refractivity contribution in [3.05, 3.63) is 59.7 Å². The molecule has 8 nitrogen and oxygen atoms in total. The van der Waals surface area contributed by atoms with E-state index in [1.807, 2.05) is 24.3 Å². The van der Waals surface area contributed by atoms with Gasteiger partial charge in [-0.25, -0.2) is 9.97 Å². The van der Waals surface area contributed by atoms with Crippen molar-refractivity contribution in [3.8, 4) is 16.5 Å². The van der Waals surface area contributed by atoms with Crippen molar-refractivity contribution in [1.29, 1.82) is 0 Å². The van der Waals surface area contributed by atoms with Crippen molar-refractivity contribution >= 4 is 34.0 Å². The average molecular weight is 447 g/mol. The van der Waals surface area contributed by atoms with Gasteiger partial charge < -0.3 is 15.0 Å². The van der Waals surface area contributed by atoms with Crippen LogP contribution in [-0.2, 0) is 0 Å². The molecule has 5 rings (SSSR count). The molecule has 1 aliphatic heterocycles. The number of pyridine rings is 2. The van der Waals surface area contributed by atoms with Gasteiger partial charge >= 0.3 is 0 Å². The zero-order chi connectivity index (χ0) is 21.9. The highest BCUT2D eigenvalue weighted by atomic mass is 32.1. The Kier molecular flexibility index (Phi) is 5.74. The molecular weight excluding hydrogens is 424 g/mol. The lowest BCUT2D eigenvalue weighted by atomic mass is 10.1. The number of carbonyl (C=O) groups is 1. The summed E-state index contributed by atoms with van der Waals surface area (Å²) in [6.45, 7) is 2.09. The van der Waals surface area contributed by atoms with E-state index in [4.69, 9.17) is 4.74 Å². The summed E-state index contributed by atoms with van der Waals surface area (Å²) < 4.78 is 6.06. The first-order chi connectivity index (χ1) is 15.6. The fourth-order valence-corrected chi connectivity index (χ4v) is 4.18. The second-order valence-corrected chi connectivity index (χ2v) is 8.63. The summed E-state index contributed by atoms with van der Waals surface area (Å²) in [5.74, 6) is 0.993. The van der Waals surface area contributed by atoms with Gasteiger partial charge in [0.05, 0.1) is 5.52 Å². The number of fused-ring (bicyclic) bond motifs is 1. The molecule has 1 saturated heterocycles. The Balaban J connectivity index is 1.26. The minimum Gasteiger partial charge on any atom is -0.490 e. The van der Waals surface area contributed by atoms with E-state index in [1.165, 1.54) is 11.3 Å². The lowest BCUT2D eigenvalue weighted by molar-refractivity contribution is 0.102. The third-order valence-corrected chi connectivity index (χ3v) is 6.19. The van der Waals surface area contributed by atoms with E-state index in [2.05, 4.69) is 37.4 Å². The van der Waals surface area contributed by atoms with Crippen LogP contribution >= 0.6 is 11.3 Å². The van der Waals surface area contributed by atoms with Gasteiger partial charge in [-0.2, -0.15) is 0 Å². The van der Waals surface area contributed by atoms with Crippen LogP contribution < -0.4 is 10.1 Å². The van der Waals surface area contributed by atoms with Crippen LogP contribution in [0, 0.1) is 0 Å². The molecule has 0 spiro atoms. The number of aromatic nitrogens is 4. The second-order valence-electron chi connectivity index (χ2n) is 7.80. The fourth-order valence-electron chi connectivity index (χ4n) is 3.66. The summed E-state index contributed by atoms with van der Waals surface area (Å²) in [6, 6.07) is 12.8. The molecular formula is C23H22N6O2S. The Labute approximate surface area is 189 Å². The first-order valence-corrected chi connectivity index (χ1v) is 11.3. The Morgan fingerprint density at radius 2 is 1.97 bits per heavy atom. The van der Waals surface area contributed by atoms with Gasteiger partial charge in [0.1, 0.15) is 28.9 Å². The zero-order valence-corrected chi connectivity index (χ0v) is 18.4. The van der Waals surface area contributed by atoms with Crippen LogP contribution in [0.15, 0.2) is 54.2 Å². The molecule has 0 unspecified atom stereocenters. The number of carbonyl (C=O) groups excluding carboxylic acids is 1. The van der Waals surface area contributed by atoms with E-state index in [0.29, 0.717) is 11.4 Å². The minimum absolute atomic E-state index is 0.227. The Morgan fingerprint density at radius 1 is 1.16 bits per heavy atom. The monoisotopic (exact) mass is 446 g/mol. The van der Waals surface area contributed by atoms with Crippen LogP contribution in [0.4, 0.5) is 5.82 Å². The number of likely N-dealkylation sites (tertiary alicyclic amines) is 1. The van der Waals surface area contributed by atoms with Crippen LogP contribution in [0.3, 0.4) is 0 Å². The van der Waals surface area contributed by atoms with Gasteiger partial charge in [-0.15, -0.1) is 10.2 Å². The molecule has 0 aliphatic carbocycles. The first-order valence-electron chi connectivity index (χ1n) is 10.4. The normalized spacial score (nSPS) is 15.0. The van der Waals surface area contributed by atoms with E-state index >= 15 is 0 Å². The first kappa shape index (κ1) is 20.5. The van der Waals surface area contributed by atoms with Crippen molar-refractivity contribution in [2.45, 2.75) is 18.9 Å². The summed E-state index contributed by atoms with van der Waals surface area (Å²) in [5.41, 5.74) is 3.68. The zero-order valence-electron chi connectivity index (χ0n) is 17.6. The fraction of sp³-hybridized carbons (Fsp3) is 0.261. The molecule has 1 aromatic carbocycles. The van der Waals surface area contributed by atoms with Crippen molar-refractivity contribution in [2.24, 2.45) is 0 Å². The number of hydrogen-bond donors (Lipinski definition) is 1. The molecule has 0 radical (unpaired) electrons.